The quantitative estimate of drug-likeness (QED) is 0.602. The van der Waals surface area contributed by atoms with Crippen LogP contribution in [0.1, 0.15) is 26.4 Å². The number of carbonyl (C=O) groups is 1. The summed E-state index contributed by atoms with van der Waals surface area (Å²) < 4.78 is 5.51. The molecule has 3 heteroatoms. The van der Waals surface area contributed by atoms with E-state index in [9.17, 15) is 4.79 Å². The molecular weight excluding hydrogens is 304 g/mol. The molecule has 116 valence electrons. The number of thiophene rings is 1. The van der Waals surface area contributed by atoms with Crippen molar-refractivity contribution in [1.29, 1.82) is 0 Å². The van der Waals surface area contributed by atoms with Crippen molar-refractivity contribution in [3.63, 3.8) is 0 Å². The lowest BCUT2D eigenvalue weighted by Gasteiger charge is -2.08. The summed E-state index contributed by atoms with van der Waals surface area (Å²) in [6, 6.07) is 18.1. The number of carbonyl (C=O) groups excluding carboxylic acids is 1. The largest absolute Gasteiger partial charge is 0.457 e. The van der Waals surface area contributed by atoms with Gasteiger partial charge in [-0.05, 0) is 42.0 Å². The maximum absolute atomic E-state index is 12.4. The standard InChI is InChI=1S/C20H18O2S/c1-14-7-9-16(10-8-14)18-11-12-23-19(18)20(21)22-13-17-6-4-3-5-15(17)2/h3-12H,13H2,1-2H3. The van der Waals surface area contributed by atoms with E-state index in [1.165, 1.54) is 16.9 Å². The highest BCUT2D eigenvalue weighted by Gasteiger charge is 2.16. The molecular formula is C20H18O2S. The molecule has 1 heterocycles. The van der Waals surface area contributed by atoms with Gasteiger partial charge in [0.25, 0.3) is 0 Å². The highest BCUT2D eigenvalue weighted by Crippen LogP contribution is 2.29. The molecule has 1 aromatic heterocycles. The summed E-state index contributed by atoms with van der Waals surface area (Å²) in [5, 5.41) is 1.93. The summed E-state index contributed by atoms with van der Waals surface area (Å²) in [5.74, 6) is -0.265. The fourth-order valence-corrected chi connectivity index (χ4v) is 3.22. The predicted molar refractivity (Wildman–Crippen MR) is 94.8 cm³/mol. The number of esters is 1. The molecule has 2 aromatic carbocycles. The summed E-state index contributed by atoms with van der Waals surface area (Å²) in [6.07, 6.45) is 0. The lowest BCUT2D eigenvalue weighted by atomic mass is 10.1. The zero-order valence-corrected chi connectivity index (χ0v) is 14.0. The van der Waals surface area contributed by atoms with E-state index in [1.807, 2.05) is 54.8 Å². The van der Waals surface area contributed by atoms with Gasteiger partial charge in [0, 0.05) is 5.56 Å². The van der Waals surface area contributed by atoms with Crippen molar-refractivity contribution in [2.24, 2.45) is 0 Å². The maximum Gasteiger partial charge on any atom is 0.349 e. The van der Waals surface area contributed by atoms with Crippen LogP contribution in [0, 0.1) is 13.8 Å². The number of rotatable bonds is 4. The van der Waals surface area contributed by atoms with Crippen LogP contribution in [0.5, 0.6) is 0 Å². The van der Waals surface area contributed by atoms with Gasteiger partial charge in [-0.2, -0.15) is 0 Å². The molecule has 0 amide bonds. The van der Waals surface area contributed by atoms with Crippen molar-refractivity contribution in [1.82, 2.24) is 0 Å². The van der Waals surface area contributed by atoms with Crippen LogP contribution in [-0.4, -0.2) is 5.97 Å². The average Bonchev–Trinajstić information content (AvgIpc) is 3.04. The first-order chi connectivity index (χ1) is 11.1. The van der Waals surface area contributed by atoms with Gasteiger partial charge in [-0.3, -0.25) is 0 Å². The van der Waals surface area contributed by atoms with E-state index in [4.69, 9.17) is 4.74 Å². The molecule has 0 aliphatic rings. The maximum atomic E-state index is 12.4. The topological polar surface area (TPSA) is 26.3 Å². The summed E-state index contributed by atoms with van der Waals surface area (Å²) in [7, 11) is 0. The first-order valence-electron chi connectivity index (χ1n) is 7.51. The van der Waals surface area contributed by atoms with Crippen LogP contribution < -0.4 is 0 Å². The average molecular weight is 322 g/mol. The molecule has 0 radical (unpaired) electrons. The Labute approximate surface area is 140 Å². The van der Waals surface area contributed by atoms with Gasteiger partial charge in [0.05, 0.1) is 0 Å². The molecule has 0 spiro atoms. The van der Waals surface area contributed by atoms with Crippen molar-refractivity contribution in [3.05, 3.63) is 81.5 Å². The van der Waals surface area contributed by atoms with Crippen molar-refractivity contribution >= 4 is 17.3 Å². The molecule has 0 saturated heterocycles. The molecule has 2 nitrogen and oxygen atoms in total. The lowest BCUT2D eigenvalue weighted by molar-refractivity contribution is 0.0479. The Balaban J connectivity index is 1.77. The van der Waals surface area contributed by atoms with Crippen LogP contribution in [0.2, 0.25) is 0 Å². The number of benzene rings is 2. The Morgan fingerprint density at radius 2 is 1.74 bits per heavy atom. The number of ether oxygens (including phenoxy) is 1. The van der Waals surface area contributed by atoms with Crippen LogP contribution in [-0.2, 0) is 11.3 Å². The molecule has 0 unspecified atom stereocenters. The molecule has 0 bridgehead atoms. The third kappa shape index (κ3) is 3.51. The second kappa shape index (κ2) is 6.80. The SMILES string of the molecule is Cc1ccc(-c2ccsc2C(=O)OCc2ccccc2C)cc1. The van der Waals surface area contributed by atoms with Gasteiger partial charge >= 0.3 is 5.97 Å². The van der Waals surface area contributed by atoms with Crippen LogP contribution in [0.15, 0.2) is 60.0 Å². The molecule has 0 fully saturated rings. The number of aryl methyl sites for hydroxylation is 2. The van der Waals surface area contributed by atoms with Crippen LogP contribution in [0.4, 0.5) is 0 Å². The summed E-state index contributed by atoms with van der Waals surface area (Å²) in [4.78, 5) is 13.1. The molecule has 0 N–H and O–H groups in total. The lowest BCUT2D eigenvalue weighted by Crippen LogP contribution is -2.05. The fourth-order valence-electron chi connectivity index (χ4n) is 2.41. The Morgan fingerprint density at radius 1 is 1.00 bits per heavy atom. The number of hydrogen-bond donors (Lipinski definition) is 0. The third-order valence-electron chi connectivity index (χ3n) is 3.83. The first-order valence-corrected chi connectivity index (χ1v) is 8.39. The second-order valence-electron chi connectivity index (χ2n) is 5.53. The highest BCUT2D eigenvalue weighted by molar-refractivity contribution is 7.12. The third-order valence-corrected chi connectivity index (χ3v) is 4.73. The van der Waals surface area contributed by atoms with E-state index in [-0.39, 0.29) is 5.97 Å². The van der Waals surface area contributed by atoms with Gasteiger partial charge in [-0.1, -0.05) is 54.1 Å². The van der Waals surface area contributed by atoms with E-state index < -0.39 is 0 Å². The normalized spacial score (nSPS) is 10.5. The molecule has 23 heavy (non-hydrogen) atoms. The van der Waals surface area contributed by atoms with Crippen LogP contribution in [0.3, 0.4) is 0 Å². The first kappa shape index (κ1) is 15.5. The van der Waals surface area contributed by atoms with E-state index in [1.54, 1.807) is 0 Å². The Morgan fingerprint density at radius 3 is 2.48 bits per heavy atom. The molecule has 0 atom stereocenters. The Kier molecular flexibility index (Phi) is 4.58. The van der Waals surface area contributed by atoms with Crippen LogP contribution in [0.25, 0.3) is 11.1 Å². The van der Waals surface area contributed by atoms with Crippen LogP contribution >= 0.6 is 11.3 Å². The summed E-state index contributed by atoms with van der Waals surface area (Å²) >= 11 is 1.42. The van der Waals surface area contributed by atoms with E-state index in [0.29, 0.717) is 11.5 Å². The Hall–Kier alpha value is -2.39. The number of hydrogen-bond acceptors (Lipinski definition) is 3. The molecule has 0 aliphatic carbocycles. The summed E-state index contributed by atoms with van der Waals surface area (Å²) in [5.41, 5.74) is 5.34. The zero-order chi connectivity index (χ0) is 16.2. The Bertz CT molecular complexity index is 816. The summed E-state index contributed by atoms with van der Waals surface area (Å²) in [6.45, 7) is 4.37. The minimum absolute atomic E-state index is 0.265. The fraction of sp³-hybridized carbons (Fsp3) is 0.150. The van der Waals surface area contributed by atoms with Gasteiger partial charge in [0.2, 0.25) is 0 Å². The minimum atomic E-state index is -0.265. The van der Waals surface area contributed by atoms with Crippen molar-refractivity contribution in [2.45, 2.75) is 20.5 Å². The minimum Gasteiger partial charge on any atom is -0.457 e. The smallest absolute Gasteiger partial charge is 0.349 e. The second-order valence-corrected chi connectivity index (χ2v) is 6.45. The van der Waals surface area contributed by atoms with E-state index >= 15 is 0 Å². The van der Waals surface area contributed by atoms with E-state index in [0.717, 1.165) is 22.3 Å². The van der Waals surface area contributed by atoms with Gasteiger partial charge in [0.15, 0.2) is 0 Å². The van der Waals surface area contributed by atoms with Gasteiger partial charge in [-0.15, -0.1) is 11.3 Å². The molecule has 0 saturated carbocycles. The van der Waals surface area contributed by atoms with Crippen molar-refractivity contribution in [2.75, 3.05) is 0 Å². The highest BCUT2D eigenvalue weighted by atomic mass is 32.1. The van der Waals surface area contributed by atoms with Crippen molar-refractivity contribution in [3.8, 4) is 11.1 Å². The van der Waals surface area contributed by atoms with E-state index in [2.05, 4.69) is 19.1 Å². The van der Waals surface area contributed by atoms with Gasteiger partial charge in [-0.25, -0.2) is 4.79 Å². The predicted octanol–water partition coefficient (Wildman–Crippen LogP) is 5.39. The monoisotopic (exact) mass is 322 g/mol. The molecule has 3 rings (SSSR count). The molecule has 0 aliphatic heterocycles. The zero-order valence-electron chi connectivity index (χ0n) is 13.2. The van der Waals surface area contributed by atoms with Gasteiger partial charge in [0.1, 0.15) is 11.5 Å². The molecule has 3 aromatic rings. The van der Waals surface area contributed by atoms with Crippen molar-refractivity contribution < 1.29 is 9.53 Å². The van der Waals surface area contributed by atoms with Gasteiger partial charge < -0.3 is 4.74 Å².